The summed E-state index contributed by atoms with van der Waals surface area (Å²) in [6, 6.07) is 7.10. The molecule has 0 fully saturated rings. The Morgan fingerprint density at radius 1 is 1.37 bits per heavy atom. The molecule has 0 aliphatic heterocycles. The molecule has 2 aromatic rings. The Hall–Kier alpha value is -1.81. The van der Waals surface area contributed by atoms with E-state index in [0.29, 0.717) is 17.2 Å². The normalized spacial score (nSPS) is 10.5. The van der Waals surface area contributed by atoms with Gasteiger partial charge in [0.15, 0.2) is 5.78 Å². The molecule has 0 amide bonds. The number of Topliss-reactive ketones (excluding diaryl/α,β-unsaturated/α-hetero) is 1. The van der Waals surface area contributed by atoms with Gasteiger partial charge in [-0.25, -0.2) is 0 Å². The highest BCUT2D eigenvalue weighted by molar-refractivity contribution is 6.31. The van der Waals surface area contributed by atoms with Crippen molar-refractivity contribution in [2.24, 2.45) is 0 Å². The minimum absolute atomic E-state index is 0.00841. The van der Waals surface area contributed by atoms with Gasteiger partial charge in [0.25, 0.3) is 0 Å². The number of benzene rings is 1. The van der Waals surface area contributed by atoms with Gasteiger partial charge in [-0.3, -0.25) is 9.48 Å². The van der Waals surface area contributed by atoms with E-state index < -0.39 is 0 Å². The molecular weight excluding hydrogens is 264 g/mol. The molecule has 1 aromatic heterocycles. The number of ketones is 1. The lowest BCUT2D eigenvalue weighted by Gasteiger charge is -2.06. The summed E-state index contributed by atoms with van der Waals surface area (Å²) in [6.45, 7) is 4.55. The number of rotatable bonds is 5. The van der Waals surface area contributed by atoms with Gasteiger partial charge in [-0.05, 0) is 38.1 Å². The molecule has 0 atom stereocenters. The highest BCUT2D eigenvalue weighted by Crippen LogP contribution is 2.16. The van der Waals surface area contributed by atoms with E-state index in [1.54, 1.807) is 35.1 Å². The van der Waals surface area contributed by atoms with Crippen LogP contribution in [0, 0.1) is 6.92 Å². The number of halogens is 1. The first-order valence-corrected chi connectivity index (χ1v) is 6.43. The molecule has 1 heterocycles. The Kier molecular flexibility index (Phi) is 4.22. The Labute approximate surface area is 116 Å². The lowest BCUT2D eigenvalue weighted by molar-refractivity contribution is 0.0967. The highest BCUT2D eigenvalue weighted by Gasteiger charge is 2.10. The highest BCUT2D eigenvalue weighted by atomic mass is 35.5. The SMILES string of the molecule is CCOc1ccc(C(=O)Cn2ncc(Cl)c2C)cc1. The third-order valence-electron chi connectivity index (χ3n) is 2.82. The number of nitrogens with zero attached hydrogens (tertiary/aromatic N) is 2. The smallest absolute Gasteiger partial charge is 0.184 e. The first-order chi connectivity index (χ1) is 9.11. The molecule has 0 radical (unpaired) electrons. The van der Waals surface area contributed by atoms with Gasteiger partial charge in [0, 0.05) is 5.56 Å². The fourth-order valence-electron chi connectivity index (χ4n) is 1.71. The number of hydrogen-bond acceptors (Lipinski definition) is 3. The van der Waals surface area contributed by atoms with Crippen molar-refractivity contribution in [1.82, 2.24) is 9.78 Å². The second-order valence-electron chi connectivity index (χ2n) is 4.12. The predicted molar refractivity (Wildman–Crippen MR) is 73.9 cm³/mol. The number of aromatic nitrogens is 2. The zero-order valence-electron chi connectivity index (χ0n) is 10.9. The van der Waals surface area contributed by atoms with E-state index in [2.05, 4.69) is 5.10 Å². The third-order valence-corrected chi connectivity index (χ3v) is 3.20. The van der Waals surface area contributed by atoms with Crippen LogP contribution in [0.1, 0.15) is 23.0 Å². The fraction of sp³-hybridized carbons (Fsp3) is 0.286. The van der Waals surface area contributed by atoms with Gasteiger partial charge in [0.1, 0.15) is 12.3 Å². The van der Waals surface area contributed by atoms with Crippen molar-refractivity contribution in [2.45, 2.75) is 20.4 Å². The van der Waals surface area contributed by atoms with E-state index in [4.69, 9.17) is 16.3 Å². The average molecular weight is 279 g/mol. The molecule has 2 rings (SSSR count). The van der Waals surface area contributed by atoms with E-state index >= 15 is 0 Å². The Morgan fingerprint density at radius 3 is 2.58 bits per heavy atom. The molecule has 0 N–H and O–H groups in total. The van der Waals surface area contributed by atoms with Gasteiger partial charge >= 0.3 is 0 Å². The van der Waals surface area contributed by atoms with Gasteiger partial charge in [-0.15, -0.1) is 0 Å². The summed E-state index contributed by atoms with van der Waals surface area (Å²) in [4.78, 5) is 12.1. The maximum absolute atomic E-state index is 12.1. The first-order valence-electron chi connectivity index (χ1n) is 6.05. The summed E-state index contributed by atoms with van der Waals surface area (Å²) in [6.07, 6.45) is 1.54. The maximum Gasteiger partial charge on any atom is 0.184 e. The summed E-state index contributed by atoms with van der Waals surface area (Å²) >= 11 is 5.90. The van der Waals surface area contributed by atoms with Crippen LogP contribution in [0.25, 0.3) is 0 Å². The standard InChI is InChI=1S/C14H15ClN2O2/c1-3-19-12-6-4-11(5-7-12)14(18)9-17-10(2)13(15)8-16-17/h4-8H,3,9H2,1-2H3. The van der Waals surface area contributed by atoms with E-state index in [9.17, 15) is 4.79 Å². The summed E-state index contributed by atoms with van der Waals surface area (Å²) < 4.78 is 6.93. The van der Waals surface area contributed by atoms with E-state index in [1.807, 2.05) is 13.8 Å². The van der Waals surface area contributed by atoms with Crippen molar-refractivity contribution in [3.05, 3.63) is 46.7 Å². The number of ether oxygens (including phenoxy) is 1. The van der Waals surface area contributed by atoms with E-state index in [-0.39, 0.29) is 12.3 Å². The maximum atomic E-state index is 12.1. The van der Waals surface area contributed by atoms with Crippen molar-refractivity contribution < 1.29 is 9.53 Å². The fourth-order valence-corrected chi connectivity index (χ4v) is 1.86. The molecule has 100 valence electrons. The molecule has 19 heavy (non-hydrogen) atoms. The molecule has 0 unspecified atom stereocenters. The molecular formula is C14H15ClN2O2. The van der Waals surface area contributed by atoms with Crippen LogP contribution in [-0.4, -0.2) is 22.2 Å². The van der Waals surface area contributed by atoms with E-state index in [0.717, 1.165) is 11.4 Å². The Balaban J connectivity index is 2.09. The lowest BCUT2D eigenvalue weighted by atomic mass is 10.1. The zero-order chi connectivity index (χ0) is 13.8. The molecule has 5 heteroatoms. The summed E-state index contributed by atoms with van der Waals surface area (Å²) in [5.74, 6) is 0.753. The lowest BCUT2D eigenvalue weighted by Crippen LogP contribution is -2.12. The van der Waals surface area contributed by atoms with Gasteiger partial charge in [-0.1, -0.05) is 11.6 Å². The van der Waals surface area contributed by atoms with Crippen molar-refractivity contribution >= 4 is 17.4 Å². The number of carbonyl (C=O) groups is 1. The van der Waals surface area contributed by atoms with Crippen LogP contribution in [0.2, 0.25) is 5.02 Å². The molecule has 4 nitrogen and oxygen atoms in total. The molecule has 0 aliphatic rings. The third kappa shape index (κ3) is 3.15. The van der Waals surface area contributed by atoms with Crippen LogP contribution in [0.4, 0.5) is 0 Å². The monoisotopic (exact) mass is 278 g/mol. The molecule has 1 aromatic carbocycles. The van der Waals surface area contributed by atoms with Crippen molar-refractivity contribution in [2.75, 3.05) is 6.61 Å². The largest absolute Gasteiger partial charge is 0.494 e. The summed E-state index contributed by atoms with van der Waals surface area (Å²) in [5, 5.41) is 4.64. The van der Waals surface area contributed by atoms with Crippen LogP contribution in [0.5, 0.6) is 5.75 Å². The Morgan fingerprint density at radius 2 is 2.05 bits per heavy atom. The molecule has 0 saturated carbocycles. The minimum Gasteiger partial charge on any atom is -0.494 e. The van der Waals surface area contributed by atoms with Crippen molar-refractivity contribution in [3.8, 4) is 5.75 Å². The molecule has 0 bridgehead atoms. The van der Waals surface area contributed by atoms with E-state index in [1.165, 1.54) is 0 Å². The summed E-state index contributed by atoms with van der Waals surface area (Å²) in [5.41, 5.74) is 1.43. The average Bonchev–Trinajstić information content (AvgIpc) is 2.72. The van der Waals surface area contributed by atoms with Gasteiger partial charge in [0.2, 0.25) is 0 Å². The number of hydrogen-bond donors (Lipinski definition) is 0. The topological polar surface area (TPSA) is 44.1 Å². The number of carbonyl (C=O) groups excluding carboxylic acids is 1. The van der Waals surface area contributed by atoms with Crippen molar-refractivity contribution in [3.63, 3.8) is 0 Å². The summed E-state index contributed by atoms with van der Waals surface area (Å²) in [7, 11) is 0. The predicted octanol–water partition coefficient (Wildman–Crippen LogP) is 3.13. The second kappa shape index (κ2) is 5.89. The molecule has 0 saturated heterocycles. The van der Waals surface area contributed by atoms with Gasteiger partial charge in [-0.2, -0.15) is 5.10 Å². The van der Waals surface area contributed by atoms with Crippen LogP contribution >= 0.6 is 11.6 Å². The first kappa shape index (κ1) is 13.6. The zero-order valence-corrected chi connectivity index (χ0v) is 11.6. The van der Waals surface area contributed by atoms with Crippen LogP contribution in [0.3, 0.4) is 0 Å². The quantitative estimate of drug-likeness (QED) is 0.789. The second-order valence-corrected chi connectivity index (χ2v) is 4.52. The van der Waals surface area contributed by atoms with Gasteiger partial charge in [0.05, 0.1) is 23.5 Å². The van der Waals surface area contributed by atoms with Crippen LogP contribution < -0.4 is 4.74 Å². The van der Waals surface area contributed by atoms with Crippen molar-refractivity contribution in [1.29, 1.82) is 0 Å². The Bertz CT molecular complexity index is 576. The van der Waals surface area contributed by atoms with Crippen LogP contribution in [0.15, 0.2) is 30.5 Å². The van der Waals surface area contributed by atoms with Gasteiger partial charge < -0.3 is 4.74 Å². The molecule has 0 aliphatic carbocycles. The minimum atomic E-state index is -0.00841. The molecule has 0 spiro atoms. The van der Waals surface area contributed by atoms with Crippen LogP contribution in [-0.2, 0) is 6.54 Å².